The molecule has 33 heavy (non-hydrogen) atoms. The van der Waals surface area contributed by atoms with Crippen LogP contribution in [-0.4, -0.2) is 54.9 Å². The number of anilines is 1. The number of hydrogen-bond donors (Lipinski definition) is 3. The third-order valence-corrected chi connectivity index (χ3v) is 7.71. The van der Waals surface area contributed by atoms with E-state index in [1.165, 1.54) is 11.3 Å². The summed E-state index contributed by atoms with van der Waals surface area (Å²) in [5, 5.41) is 7.16. The summed E-state index contributed by atoms with van der Waals surface area (Å²) in [6.45, 7) is 4.73. The Kier molecular flexibility index (Phi) is 4.93. The lowest BCUT2D eigenvalue weighted by molar-refractivity contribution is -0.0368. The number of benzene rings is 1. The van der Waals surface area contributed by atoms with Crippen molar-refractivity contribution < 1.29 is 19.0 Å². The predicted molar refractivity (Wildman–Crippen MR) is 126 cm³/mol. The van der Waals surface area contributed by atoms with E-state index in [1.807, 2.05) is 37.3 Å². The van der Waals surface area contributed by atoms with Crippen molar-refractivity contribution in [3.63, 3.8) is 0 Å². The molecule has 4 N–H and O–H groups in total. The van der Waals surface area contributed by atoms with Crippen LogP contribution >= 0.6 is 11.3 Å². The molecule has 3 aliphatic heterocycles. The molecule has 0 bridgehead atoms. The summed E-state index contributed by atoms with van der Waals surface area (Å²) in [4.78, 5) is 18.7. The maximum absolute atomic E-state index is 12.9. The largest absolute Gasteiger partial charge is 0.491 e. The normalized spacial score (nSPS) is 23.1. The molecule has 3 aromatic rings. The molecule has 8 nitrogen and oxygen atoms in total. The number of rotatable bonds is 4. The van der Waals surface area contributed by atoms with E-state index in [2.05, 4.69) is 15.6 Å². The minimum Gasteiger partial charge on any atom is -0.491 e. The Balaban J connectivity index is 1.11. The number of ether oxygens (including phenoxy) is 3. The molecular weight excluding hydrogens is 440 g/mol. The van der Waals surface area contributed by atoms with Gasteiger partial charge >= 0.3 is 0 Å². The van der Waals surface area contributed by atoms with Crippen LogP contribution in [-0.2, 0) is 11.2 Å². The molecule has 9 heteroatoms. The van der Waals surface area contributed by atoms with Gasteiger partial charge in [-0.2, -0.15) is 0 Å². The molecule has 5 heterocycles. The number of nitrogens with two attached hydrogens (primary N) is 1. The molecule has 0 aliphatic carbocycles. The lowest BCUT2D eigenvalue weighted by atomic mass is 9.93. The Morgan fingerprint density at radius 2 is 2.18 bits per heavy atom. The summed E-state index contributed by atoms with van der Waals surface area (Å²) in [6, 6.07) is 9.61. The molecule has 1 spiro atoms. The molecule has 2 aromatic heterocycles. The molecule has 1 amide bonds. The summed E-state index contributed by atoms with van der Waals surface area (Å²) in [5.74, 6) is 1.40. The maximum Gasteiger partial charge on any atom is 0.263 e. The quantitative estimate of drug-likeness (QED) is 0.542. The molecule has 2 atom stereocenters. The Bertz CT molecular complexity index is 1240. The van der Waals surface area contributed by atoms with E-state index in [-0.39, 0.29) is 23.7 Å². The number of nitrogens with zero attached hydrogens (tertiary/aromatic N) is 1. The fraction of sp³-hybridized carbons (Fsp3) is 0.417. The van der Waals surface area contributed by atoms with Crippen LogP contribution in [0.25, 0.3) is 10.2 Å². The number of nitrogen functional groups attached to an aromatic ring is 1. The van der Waals surface area contributed by atoms with Crippen LogP contribution < -0.4 is 25.8 Å². The number of pyridine rings is 1. The molecule has 6 rings (SSSR count). The zero-order valence-electron chi connectivity index (χ0n) is 18.3. The van der Waals surface area contributed by atoms with Gasteiger partial charge in [-0.3, -0.25) is 4.79 Å². The highest BCUT2D eigenvalue weighted by Crippen LogP contribution is 2.35. The first-order valence-corrected chi connectivity index (χ1v) is 12.0. The first-order chi connectivity index (χ1) is 16.0. The molecule has 0 unspecified atom stereocenters. The molecule has 2 fully saturated rings. The van der Waals surface area contributed by atoms with Crippen LogP contribution in [0.4, 0.5) is 5.69 Å². The highest BCUT2D eigenvalue weighted by Gasteiger charge is 2.46. The Hall–Kier alpha value is -2.88. The zero-order valence-corrected chi connectivity index (χ0v) is 19.2. The number of thiophene rings is 1. The van der Waals surface area contributed by atoms with Crippen LogP contribution in [0.3, 0.4) is 0 Å². The lowest BCUT2D eigenvalue weighted by Gasteiger charge is -2.37. The van der Waals surface area contributed by atoms with Crippen molar-refractivity contribution in [3.8, 4) is 11.5 Å². The number of aromatic nitrogens is 1. The van der Waals surface area contributed by atoms with Crippen molar-refractivity contribution in [2.75, 3.05) is 32.0 Å². The van der Waals surface area contributed by atoms with E-state index in [9.17, 15) is 4.79 Å². The van der Waals surface area contributed by atoms with Gasteiger partial charge in [0.25, 0.3) is 5.91 Å². The molecule has 2 saturated heterocycles. The maximum atomic E-state index is 12.9. The Labute approximate surface area is 195 Å². The molecular formula is C24H26N4O4S. The SMILES string of the molecule is Cc1ccc2c(N)c(C(=O)N[C@H]3COc4cc(O[C@@H]5COC6(CNC6)C5)ccc4C3)sc2n1. The van der Waals surface area contributed by atoms with E-state index in [0.29, 0.717) is 30.2 Å². The van der Waals surface area contributed by atoms with Gasteiger partial charge in [0.1, 0.15) is 33.9 Å². The smallest absolute Gasteiger partial charge is 0.263 e. The first kappa shape index (κ1) is 20.7. The van der Waals surface area contributed by atoms with E-state index >= 15 is 0 Å². The van der Waals surface area contributed by atoms with E-state index in [1.54, 1.807) is 0 Å². The van der Waals surface area contributed by atoms with Gasteiger partial charge in [-0.25, -0.2) is 4.98 Å². The van der Waals surface area contributed by atoms with Gasteiger partial charge < -0.3 is 30.6 Å². The summed E-state index contributed by atoms with van der Waals surface area (Å²) in [7, 11) is 0. The number of carbonyl (C=O) groups is 1. The zero-order chi connectivity index (χ0) is 22.6. The standard InChI is InChI=1S/C24H26N4O4S/c1-13-2-5-18-20(25)21(33-23(18)27-13)22(29)28-15-6-14-3-4-16(7-19(14)30-9-15)32-17-8-24(31-10-17)11-26-12-24/h2-5,7,15,17,26H,6,8-12,25H2,1H3,(H,28,29)/t15-,17+/m1/s1. The minimum atomic E-state index is -0.189. The average Bonchev–Trinajstić information content (AvgIpc) is 3.35. The number of nitrogens with one attached hydrogen (secondary N) is 2. The van der Waals surface area contributed by atoms with E-state index in [4.69, 9.17) is 19.9 Å². The monoisotopic (exact) mass is 466 g/mol. The van der Waals surface area contributed by atoms with Gasteiger partial charge in [-0.05, 0) is 37.1 Å². The number of hydrogen-bond acceptors (Lipinski definition) is 8. The fourth-order valence-corrected chi connectivity index (χ4v) is 5.79. The molecule has 0 saturated carbocycles. The lowest BCUT2D eigenvalue weighted by Crippen LogP contribution is -2.59. The number of amides is 1. The summed E-state index contributed by atoms with van der Waals surface area (Å²) >= 11 is 1.32. The summed E-state index contributed by atoms with van der Waals surface area (Å²) < 4.78 is 18.1. The Morgan fingerprint density at radius 1 is 1.30 bits per heavy atom. The van der Waals surface area contributed by atoms with Crippen molar-refractivity contribution in [2.45, 2.75) is 37.5 Å². The van der Waals surface area contributed by atoms with Gasteiger partial charge in [0.15, 0.2) is 0 Å². The second kappa shape index (κ2) is 7.86. The summed E-state index contributed by atoms with van der Waals surface area (Å²) in [6.07, 6.45) is 1.65. The Morgan fingerprint density at radius 3 is 2.97 bits per heavy atom. The van der Waals surface area contributed by atoms with Crippen LogP contribution in [0.5, 0.6) is 11.5 Å². The summed E-state index contributed by atoms with van der Waals surface area (Å²) in [5.41, 5.74) is 8.63. The topological polar surface area (TPSA) is 108 Å². The van der Waals surface area contributed by atoms with Crippen LogP contribution in [0.1, 0.15) is 27.3 Å². The van der Waals surface area contributed by atoms with Crippen LogP contribution in [0.15, 0.2) is 30.3 Å². The first-order valence-electron chi connectivity index (χ1n) is 11.2. The molecule has 172 valence electrons. The molecule has 0 radical (unpaired) electrons. The van der Waals surface area contributed by atoms with Gasteiger partial charge in [0, 0.05) is 36.7 Å². The second-order valence-electron chi connectivity index (χ2n) is 9.15. The predicted octanol–water partition coefficient (Wildman–Crippen LogP) is 2.43. The highest BCUT2D eigenvalue weighted by molar-refractivity contribution is 7.21. The van der Waals surface area contributed by atoms with Crippen molar-refractivity contribution in [1.82, 2.24) is 15.6 Å². The molecule has 3 aliphatic rings. The van der Waals surface area contributed by atoms with E-state index < -0.39 is 0 Å². The number of carbonyl (C=O) groups excluding carboxylic acids is 1. The van der Waals surface area contributed by atoms with Gasteiger partial charge in [0.05, 0.1) is 23.9 Å². The van der Waals surface area contributed by atoms with Crippen molar-refractivity contribution in [3.05, 3.63) is 46.5 Å². The van der Waals surface area contributed by atoms with Crippen LogP contribution in [0, 0.1) is 6.92 Å². The molecule has 1 aromatic carbocycles. The van der Waals surface area contributed by atoms with Gasteiger partial charge in [-0.1, -0.05) is 6.07 Å². The third-order valence-electron chi connectivity index (χ3n) is 6.59. The van der Waals surface area contributed by atoms with Crippen molar-refractivity contribution >= 4 is 33.1 Å². The number of aryl methyl sites for hydroxylation is 1. The number of fused-ring (bicyclic) bond motifs is 2. The van der Waals surface area contributed by atoms with Gasteiger partial charge in [0.2, 0.25) is 0 Å². The minimum absolute atomic E-state index is 0.0342. The fourth-order valence-electron chi connectivity index (χ4n) is 4.75. The second-order valence-corrected chi connectivity index (χ2v) is 10.1. The van der Waals surface area contributed by atoms with E-state index in [0.717, 1.165) is 52.5 Å². The van der Waals surface area contributed by atoms with Crippen LogP contribution in [0.2, 0.25) is 0 Å². The third kappa shape index (κ3) is 3.80. The average molecular weight is 467 g/mol. The van der Waals surface area contributed by atoms with Crippen molar-refractivity contribution in [1.29, 1.82) is 0 Å². The van der Waals surface area contributed by atoms with Crippen molar-refractivity contribution in [2.24, 2.45) is 0 Å². The highest BCUT2D eigenvalue weighted by atomic mass is 32.1. The van der Waals surface area contributed by atoms with Gasteiger partial charge in [-0.15, -0.1) is 11.3 Å².